The van der Waals surface area contributed by atoms with Gasteiger partial charge in [0.2, 0.25) is 6.20 Å². The van der Waals surface area contributed by atoms with Crippen molar-refractivity contribution in [2.24, 2.45) is 0 Å². The summed E-state index contributed by atoms with van der Waals surface area (Å²) >= 11 is 0. The lowest BCUT2D eigenvalue weighted by Crippen LogP contribution is -2.81. The van der Waals surface area contributed by atoms with E-state index in [4.69, 9.17) is 4.74 Å². The van der Waals surface area contributed by atoms with Crippen molar-refractivity contribution in [1.29, 1.82) is 0 Å². The SMILES string of the molecule is Fc1c(F)c(F)c([B-](c2c(F)c(F)c(F)c(F)c2F)(c2c(F)c(F)c(F)c(F)c2F)c2c(F)c(F)c(F)c(F)c2F)c(F)c1F.c1ccc(C[n+]2ccnc(OC3CCCC3)c2)cc1. The van der Waals surface area contributed by atoms with E-state index in [1.807, 2.05) is 24.7 Å². The molecule has 1 heterocycles. The van der Waals surface area contributed by atoms with Crippen LogP contribution in [0.4, 0.5) is 87.8 Å². The Bertz CT molecular complexity index is 2420. The number of nitrogens with zero attached hydrogens (tertiary/aromatic N) is 2. The van der Waals surface area contributed by atoms with E-state index in [-0.39, 0.29) is 0 Å². The molecule has 1 fully saturated rings. The first-order chi connectivity index (χ1) is 30.1. The highest BCUT2D eigenvalue weighted by Crippen LogP contribution is 2.31. The molecule has 0 bridgehead atoms. The van der Waals surface area contributed by atoms with Crippen LogP contribution in [0.15, 0.2) is 48.9 Å². The lowest BCUT2D eigenvalue weighted by Gasteiger charge is -2.44. The molecule has 338 valence electrons. The average Bonchev–Trinajstić information content (AvgIpc) is 3.80. The van der Waals surface area contributed by atoms with Gasteiger partial charge in [0.1, 0.15) is 58.8 Å². The molecule has 0 amide bonds. The van der Waals surface area contributed by atoms with Crippen LogP contribution in [0.2, 0.25) is 0 Å². The Hall–Kier alpha value is -6.36. The van der Waals surface area contributed by atoms with Crippen molar-refractivity contribution >= 4 is 28.0 Å². The van der Waals surface area contributed by atoms with Crippen molar-refractivity contribution < 1.29 is 97.1 Å². The smallest absolute Gasteiger partial charge is 0.280 e. The maximum atomic E-state index is 15.4. The zero-order valence-electron chi connectivity index (χ0n) is 31.2. The molecule has 0 aliphatic heterocycles. The number of hydrogen-bond donors (Lipinski definition) is 0. The van der Waals surface area contributed by atoms with Crippen molar-refractivity contribution in [2.75, 3.05) is 0 Å². The van der Waals surface area contributed by atoms with Crippen molar-refractivity contribution in [2.45, 2.75) is 38.3 Å². The third-order valence-electron chi connectivity index (χ3n) is 10.2. The van der Waals surface area contributed by atoms with Gasteiger partial charge in [-0.2, -0.15) is 4.57 Å². The van der Waals surface area contributed by atoms with E-state index in [9.17, 15) is 52.7 Å². The van der Waals surface area contributed by atoms with E-state index >= 15 is 35.1 Å². The maximum absolute atomic E-state index is 15.4. The van der Waals surface area contributed by atoms with Crippen LogP contribution >= 0.6 is 0 Å². The van der Waals surface area contributed by atoms with E-state index in [2.05, 4.69) is 33.8 Å². The number of aromatic nitrogens is 2. The highest BCUT2D eigenvalue weighted by Gasteiger charge is 2.52. The van der Waals surface area contributed by atoms with Gasteiger partial charge in [0.05, 0.1) is 6.20 Å². The van der Waals surface area contributed by atoms with Crippen LogP contribution in [0, 0.1) is 116 Å². The molecule has 0 radical (unpaired) electrons. The van der Waals surface area contributed by atoms with E-state index in [0.717, 1.165) is 25.3 Å². The topological polar surface area (TPSA) is 26.0 Å². The first kappa shape index (κ1) is 47.1. The van der Waals surface area contributed by atoms with E-state index in [0.29, 0.717) is 6.10 Å². The van der Waals surface area contributed by atoms with Crippen LogP contribution in [-0.2, 0) is 6.54 Å². The highest BCUT2D eigenvalue weighted by molar-refractivity contribution is 7.20. The fourth-order valence-electron chi connectivity index (χ4n) is 7.42. The molecule has 0 atom stereocenters. The minimum atomic E-state index is -7.22. The number of halogens is 20. The van der Waals surface area contributed by atoms with Crippen LogP contribution in [0.25, 0.3) is 0 Å². The van der Waals surface area contributed by atoms with Gasteiger partial charge >= 0.3 is 0 Å². The van der Waals surface area contributed by atoms with Crippen molar-refractivity contribution in [3.63, 3.8) is 0 Å². The predicted molar refractivity (Wildman–Crippen MR) is 182 cm³/mol. The lowest BCUT2D eigenvalue weighted by molar-refractivity contribution is -0.689. The minimum absolute atomic E-state index is 0.361. The number of benzene rings is 5. The molecule has 0 saturated heterocycles. The lowest BCUT2D eigenvalue weighted by atomic mass is 9.12. The fourth-order valence-corrected chi connectivity index (χ4v) is 7.42. The van der Waals surface area contributed by atoms with E-state index < -0.39 is 144 Å². The average molecular weight is 934 g/mol. The summed E-state index contributed by atoms with van der Waals surface area (Å²) in [5.41, 5.74) is -13.0. The van der Waals surface area contributed by atoms with Gasteiger partial charge < -0.3 is 4.74 Å². The molecule has 1 aliphatic carbocycles. The second-order valence-electron chi connectivity index (χ2n) is 13.9. The van der Waals surface area contributed by atoms with Crippen molar-refractivity contribution in [1.82, 2.24) is 4.98 Å². The second-order valence-corrected chi connectivity index (χ2v) is 13.9. The molecule has 1 aromatic heterocycles. The highest BCUT2D eigenvalue weighted by atomic mass is 19.2. The van der Waals surface area contributed by atoms with E-state index in [1.165, 1.54) is 18.4 Å². The third-order valence-corrected chi connectivity index (χ3v) is 10.2. The molecule has 6 aromatic rings. The summed E-state index contributed by atoms with van der Waals surface area (Å²) in [6.45, 7) is 0.852. The second kappa shape index (κ2) is 18.0. The Morgan fingerprint density at radius 2 is 0.734 bits per heavy atom. The van der Waals surface area contributed by atoms with Gasteiger partial charge in [-0.1, -0.05) is 30.3 Å². The molecule has 24 heteroatoms. The normalized spacial score (nSPS) is 13.1. The first-order valence-electron chi connectivity index (χ1n) is 17.9. The monoisotopic (exact) mass is 934 g/mol. The summed E-state index contributed by atoms with van der Waals surface area (Å²) in [6, 6.07) is 10.4. The summed E-state index contributed by atoms with van der Waals surface area (Å²) in [4.78, 5) is 4.30. The maximum Gasteiger partial charge on any atom is 0.280 e. The van der Waals surface area contributed by atoms with Gasteiger partial charge in [0.15, 0.2) is 82.5 Å². The Morgan fingerprint density at radius 1 is 0.438 bits per heavy atom. The predicted octanol–water partition coefficient (Wildman–Crippen LogP) is 8.58. The zero-order valence-corrected chi connectivity index (χ0v) is 31.2. The van der Waals surface area contributed by atoms with Crippen molar-refractivity contribution in [3.8, 4) is 5.88 Å². The summed E-state index contributed by atoms with van der Waals surface area (Å²) in [6.07, 6.45) is 3.81. The Labute approximate surface area is 345 Å². The molecule has 0 spiro atoms. The quantitative estimate of drug-likeness (QED) is 0.0503. The molecule has 5 aromatic carbocycles. The minimum Gasteiger partial charge on any atom is -0.470 e. The van der Waals surface area contributed by atoms with Crippen LogP contribution in [0.5, 0.6) is 5.88 Å². The summed E-state index contributed by atoms with van der Waals surface area (Å²) in [7, 11) is 0. The van der Waals surface area contributed by atoms with Gasteiger partial charge in [-0.25, -0.2) is 92.8 Å². The molecular weight excluding hydrogens is 915 g/mol. The Kier molecular flexibility index (Phi) is 13.3. The summed E-state index contributed by atoms with van der Waals surface area (Å²) < 4.78 is 302. The van der Waals surface area contributed by atoms with Gasteiger partial charge in [-0.3, -0.25) is 0 Å². The largest absolute Gasteiger partial charge is 0.470 e. The van der Waals surface area contributed by atoms with Crippen LogP contribution in [0.1, 0.15) is 31.2 Å². The van der Waals surface area contributed by atoms with Gasteiger partial charge in [0, 0.05) is 5.56 Å². The standard InChI is InChI=1S/C24BF20.C16H19N2O/c26-5-1(6(27)14(35)21(42)13(5)34)25(2-7(28)15(36)22(43)16(37)8(2)29,3-9(30)17(38)23(44)18(39)10(3)31)4-11(32)19(40)24(45)20(41)12(4)33;1-2-6-14(7-3-1)12-18-11-10-17-16(13-18)19-15-8-4-5-9-15/h;1-3,6-7,10-11,13,15H,4-5,8-9,12H2/q-1;+1. The molecule has 7 rings (SSSR count). The fraction of sp³-hybridized carbons (Fsp3) is 0.150. The van der Waals surface area contributed by atoms with Crippen LogP contribution < -0.4 is 31.2 Å². The third kappa shape index (κ3) is 7.73. The van der Waals surface area contributed by atoms with E-state index in [1.54, 1.807) is 0 Å². The van der Waals surface area contributed by atoms with Crippen LogP contribution in [0.3, 0.4) is 0 Å². The molecule has 1 aliphatic rings. The number of ether oxygens (including phenoxy) is 1. The van der Waals surface area contributed by atoms with Crippen LogP contribution in [-0.4, -0.2) is 17.2 Å². The summed E-state index contributed by atoms with van der Waals surface area (Å²) in [5, 5.41) is 0. The summed E-state index contributed by atoms with van der Waals surface area (Å²) in [5.74, 6) is -70.7. The number of hydrogen-bond acceptors (Lipinski definition) is 2. The first-order valence-corrected chi connectivity index (χ1v) is 17.9. The Balaban J connectivity index is 0.000000295. The molecule has 1 saturated carbocycles. The number of rotatable bonds is 8. The van der Waals surface area contributed by atoms with Crippen molar-refractivity contribution in [3.05, 3.63) is 171 Å². The van der Waals surface area contributed by atoms with Gasteiger partial charge in [-0.15, -0.1) is 21.9 Å². The molecule has 0 N–H and O–H groups in total. The van der Waals surface area contributed by atoms with Gasteiger partial charge in [-0.05, 0) is 25.7 Å². The molecule has 0 unspecified atom stereocenters. The molecule has 3 nitrogen and oxygen atoms in total. The Morgan fingerprint density at radius 3 is 1.05 bits per heavy atom. The molecular formula is C40H19BF20N2O. The molecule has 64 heavy (non-hydrogen) atoms. The zero-order chi connectivity index (χ0) is 47.3. The van der Waals surface area contributed by atoms with Gasteiger partial charge in [0.25, 0.3) is 5.88 Å².